The first kappa shape index (κ1) is 16.7. The highest BCUT2D eigenvalue weighted by Gasteiger charge is 2.29. The van der Waals surface area contributed by atoms with Crippen molar-refractivity contribution in [3.63, 3.8) is 0 Å². The van der Waals surface area contributed by atoms with Crippen molar-refractivity contribution >= 4 is 32.2 Å². The second-order valence-corrected chi connectivity index (χ2v) is 8.07. The molecular formula is C20H17ClO2S. The molecule has 0 aliphatic carbocycles. The van der Waals surface area contributed by atoms with E-state index in [1.807, 2.05) is 48.5 Å². The highest BCUT2D eigenvalue weighted by atomic mass is 35.5. The normalized spacial score (nSPS) is 12.9. The van der Waals surface area contributed by atoms with E-state index in [9.17, 15) is 8.42 Å². The third kappa shape index (κ3) is 2.97. The van der Waals surface area contributed by atoms with E-state index in [1.165, 1.54) is 0 Å². The van der Waals surface area contributed by atoms with Crippen molar-refractivity contribution in [2.75, 3.05) is 0 Å². The minimum atomic E-state index is -3.59. The molecule has 3 aromatic carbocycles. The van der Waals surface area contributed by atoms with E-state index in [1.54, 1.807) is 24.3 Å². The Morgan fingerprint density at radius 1 is 0.917 bits per heavy atom. The van der Waals surface area contributed by atoms with E-state index in [0.29, 0.717) is 21.7 Å². The molecule has 24 heavy (non-hydrogen) atoms. The summed E-state index contributed by atoms with van der Waals surface area (Å²) in [6, 6.07) is 19.8. The number of fused-ring (bicyclic) bond motifs is 1. The van der Waals surface area contributed by atoms with Gasteiger partial charge in [0.15, 0.2) is 9.84 Å². The second-order valence-electron chi connectivity index (χ2n) is 5.56. The molecule has 3 rings (SSSR count). The van der Waals surface area contributed by atoms with E-state index in [2.05, 4.69) is 6.58 Å². The van der Waals surface area contributed by atoms with Crippen LogP contribution in [0.1, 0.15) is 17.2 Å². The Morgan fingerprint density at radius 2 is 1.54 bits per heavy atom. The van der Waals surface area contributed by atoms with Crippen LogP contribution >= 0.6 is 11.6 Å². The number of hydrogen-bond donors (Lipinski definition) is 0. The first-order valence-electron chi connectivity index (χ1n) is 7.62. The summed E-state index contributed by atoms with van der Waals surface area (Å²) < 4.78 is 26.7. The van der Waals surface area contributed by atoms with Gasteiger partial charge in [0.2, 0.25) is 0 Å². The van der Waals surface area contributed by atoms with Gasteiger partial charge >= 0.3 is 0 Å². The first-order valence-corrected chi connectivity index (χ1v) is 9.55. The largest absolute Gasteiger partial charge is 0.223 e. The minimum absolute atomic E-state index is 0.304. The molecule has 122 valence electrons. The van der Waals surface area contributed by atoms with Crippen LogP contribution in [0, 0.1) is 0 Å². The third-order valence-electron chi connectivity index (χ3n) is 4.06. The van der Waals surface area contributed by atoms with Crippen LogP contribution in [-0.4, -0.2) is 8.42 Å². The van der Waals surface area contributed by atoms with Gasteiger partial charge in [-0.3, -0.25) is 0 Å². The molecular weight excluding hydrogens is 340 g/mol. The fourth-order valence-corrected chi connectivity index (χ4v) is 5.08. The van der Waals surface area contributed by atoms with Gasteiger partial charge in [-0.15, -0.1) is 6.58 Å². The van der Waals surface area contributed by atoms with Gasteiger partial charge in [0.25, 0.3) is 0 Å². The van der Waals surface area contributed by atoms with Gasteiger partial charge in [-0.1, -0.05) is 72.3 Å². The SMILES string of the molecule is C=CCC(c1ccccc1)S(=O)(=O)c1ccc(Cl)c2ccccc12. The lowest BCUT2D eigenvalue weighted by Gasteiger charge is -2.18. The van der Waals surface area contributed by atoms with E-state index < -0.39 is 15.1 Å². The molecule has 3 aromatic rings. The van der Waals surface area contributed by atoms with E-state index >= 15 is 0 Å². The summed E-state index contributed by atoms with van der Waals surface area (Å²) in [5.74, 6) is 0. The molecule has 1 atom stereocenters. The molecule has 0 saturated carbocycles. The topological polar surface area (TPSA) is 34.1 Å². The number of rotatable bonds is 5. The molecule has 0 aromatic heterocycles. The van der Waals surface area contributed by atoms with Crippen molar-refractivity contribution in [1.29, 1.82) is 0 Å². The van der Waals surface area contributed by atoms with Crippen LogP contribution in [0.5, 0.6) is 0 Å². The zero-order chi connectivity index (χ0) is 17.2. The van der Waals surface area contributed by atoms with Crippen molar-refractivity contribution in [3.8, 4) is 0 Å². The van der Waals surface area contributed by atoms with Crippen molar-refractivity contribution < 1.29 is 8.42 Å². The highest BCUT2D eigenvalue weighted by Crippen LogP contribution is 2.37. The Hall–Kier alpha value is -2.10. The van der Waals surface area contributed by atoms with Crippen LogP contribution in [-0.2, 0) is 9.84 Å². The van der Waals surface area contributed by atoms with Gasteiger partial charge in [0, 0.05) is 15.8 Å². The maximum Gasteiger partial charge on any atom is 0.186 e. The van der Waals surface area contributed by atoms with E-state index in [-0.39, 0.29) is 0 Å². The van der Waals surface area contributed by atoms with Gasteiger partial charge in [-0.05, 0) is 24.1 Å². The smallest absolute Gasteiger partial charge is 0.186 e. The fraction of sp³-hybridized carbons (Fsp3) is 0.100. The van der Waals surface area contributed by atoms with Crippen molar-refractivity contribution in [2.45, 2.75) is 16.6 Å². The number of halogens is 1. The lowest BCUT2D eigenvalue weighted by Crippen LogP contribution is -2.14. The average Bonchev–Trinajstić information content (AvgIpc) is 2.60. The van der Waals surface area contributed by atoms with Gasteiger partial charge in [-0.25, -0.2) is 8.42 Å². The quantitative estimate of drug-likeness (QED) is 0.559. The van der Waals surface area contributed by atoms with Crippen molar-refractivity contribution in [3.05, 3.63) is 90.0 Å². The third-order valence-corrected chi connectivity index (χ3v) is 6.58. The number of allylic oxidation sites excluding steroid dienone is 1. The molecule has 0 heterocycles. The van der Waals surface area contributed by atoms with Crippen LogP contribution in [0.4, 0.5) is 0 Å². The molecule has 0 aliphatic heterocycles. The Morgan fingerprint density at radius 3 is 2.21 bits per heavy atom. The summed E-state index contributed by atoms with van der Waals surface area (Å²) in [4.78, 5) is 0.304. The monoisotopic (exact) mass is 356 g/mol. The van der Waals surface area contributed by atoms with Crippen LogP contribution in [0.25, 0.3) is 10.8 Å². The fourth-order valence-electron chi connectivity index (χ4n) is 2.90. The number of benzene rings is 3. The van der Waals surface area contributed by atoms with Crippen LogP contribution in [0.2, 0.25) is 5.02 Å². The molecule has 0 fully saturated rings. The molecule has 0 amide bonds. The lowest BCUT2D eigenvalue weighted by molar-refractivity contribution is 0.583. The van der Waals surface area contributed by atoms with Gasteiger partial charge in [0.05, 0.1) is 10.1 Å². The van der Waals surface area contributed by atoms with Crippen molar-refractivity contribution in [1.82, 2.24) is 0 Å². The zero-order valence-electron chi connectivity index (χ0n) is 13.0. The molecule has 0 spiro atoms. The summed E-state index contributed by atoms with van der Waals surface area (Å²) in [5.41, 5.74) is 0.761. The summed E-state index contributed by atoms with van der Waals surface area (Å²) in [7, 11) is -3.59. The summed E-state index contributed by atoms with van der Waals surface area (Å²) in [6.07, 6.45) is 2.00. The first-order chi connectivity index (χ1) is 11.6. The van der Waals surface area contributed by atoms with Crippen LogP contribution in [0.15, 0.2) is 84.3 Å². The summed E-state index contributed by atoms with van der Waals surface area (Å²) in [6.45, 7) is 3.72. The molecule has 2 nitrogen and oxygen atoms in total. The Kier molecular flexibility index (Phi) is 4.74. The summed E-state index contributed by atoms with van der Waals surface area (Å²) in [5, 5.41) is 1.27. The molecule has 0 bridgehead atoms. The van der Waals surface area contributed by atoms with Gasteiger partial charge in [-0.2, -0.15) is 0 Å². The van der Waals surface area contributed by atoms with Crippen LogP contribution in [0.3, 0.4) is 0 Å². The number of sulfone groups is 1. The Bertz CT molecular complexity index is 979. The molecule has 0 N–H and O–H groups in total. The highest BCUT2D eigenvalue weighted by molar-refractivity contribution is 7.92. The zero-order valence-corrected chi connectivity index (χ0v) is 14.6. The standard InChI is InChI=1S/C20H17ClO2S/c1-2-8-19(15-9-4-3-5-10-15)24(22,23)20-14-13-18(21)16-11-6-7-12-17(16)20/h2-7,9-14,19H,1,8H2. The van der Waals surface area contributed by atoms with Crippen molar-refractivity contribution in [2.24, 2.45) is 0 Å². The predicted molar refractivity (Wildman–Crippen MR) is 100 cm³/mol. The molecule has 0 saturated heterocycles. The van der Waals surface area contributed by atoms with E-state index in [4.69, 9.17) is 11.6 Å². The average molecular weight is 357 g/mol. The Labute approximate surface area is 147 Å². The predicted octanol–water partition coefficient (Wildman–Crippen LogP) is 5.58. The minimum Gasteiger partial charge on any atom is -0.223 e. The molecule has 0 radical (unpaired) electrons. The van der Waals surface area contributed by atoms with Gasteiger partial charge in [0.1, 0.15) is 0 Å². The molecule has 0 aliphatic rings. The maximum absolute atomic E-state index is 13.4. The second kappa shape index (κ2) is 6.80. The number of hydrogen-bond acceptors (Lipinski definition) is 2. The van der Waals surface area contributed by atoms with Crippen LogP contribution < -0.4 is 0 Å². The Balaban J connectivity index is 2.23. The van der Waals surface area contributed by atoms with E-state index in [0.717, 1.165) is 10.9 Å². The maximum atomic E-state index is 13.4. The lowest BCUT2D eigenvalue weighted by atomic mass is 10.1. The summed E-state index contributed by atoms with van der Waals surface area (Å²) >= 11 is 6.23. The molecule has 4 heteroatoms. The molecule has 1 unspecified atom stereocenters. The van der Waals surface area contributed by atoms with Gasteiger partial charge < -0.3 is 0 Å².